The molecule has 22 heavy (non-hydrogen) atoms. The van der Waals surface area contributed by atoms with Crippen molar-refractivity contribution in [2.45, 2.75) is 41.5 Å². The lowest BCUT2D eigenvalue weighted by Crippen LogP contribution is -2.28. The molecule has 0 saturated carbocycles. The standard InChI is InChI=1S/C16H22O6/c1-15(2,3)13(19)21-11-9(17)7-8-10(18)12(11)22-14(20)16(4,5)6/h7-8,17-18H,1-6H3. The van der Waals surface area contributed by atoms with Crippen LogP contribution in [0.2, 0.25) is 0 Å². The Bertz CT molecular complexity index is 537. The second-order valence-electron chi connectivity index (χ2n) is 7.04. The molecule has 6 heteroatoms. The molecule has 0 aliphatic carbocycles. The van der Waals surface area contributed by atoms with Crippen LogP contribution in [0.25, 0.3) is 0 Å². The number of benzene rings is 1. The first-order valence-electron chi connectivity index (χ1n) is 6.83. The minimum Gasteiger partial charge on any atom is -0.504 e. The molecule has 0 bridgehead atoms. The Morgan fingerprint density at radius 2 is 1.05 bits per heavy atom. The van der Waals surface area contributed by atoms with Gasteiger partial charge in [-0.15, -0.1) is 0 Å². The van der Waals surface area contributed by atoms with Crippen molar-refractivity contribution in [3.8, 4) is 23.0 Å². The lowest BCUT2D eigenvalue weighted by Gasteiger charge is -2.21. The first-order chi connectivity index (χ1) is 9.84. The van der Waals surface area contributed by atoms with Crippen molar-refractivity contribution >= 4 is 11.9 Å². The molecule has 0 amide bonds. The predicted octanol–water partition coefficient (Wildman–Crippen LogP) is 3.00. The largest absolute Gasteiger partial charge is 0.504 e. The molecule has 0 atom stereocenters. The summed E-state index contributed by atoms with van der Waals surface area (Å²) >= 11 is 0. The van der Waals surface area contributed by atoms with E-state index in [0.717, 1.165) is 12.1 Å². The topological polar surface area (TPSA) is 93.1 Å². The van der Waals surface area contributed by atoms with E-state index in [4.69, 9.17) is 9.47 Å². The Morgan fingerprint density at radius 3 is 1.27 bits per heavy atom. The van der Waals surface area contributed by atoms with E-state index in [9.17, 15) is 19.8 Å². The average molecular weight is 310 g/mol. The van der Waals surface area contributed by atoms with Gasteiger partial charge in [0.05, 0.1) is 10.8 Å². The number of phenolic OH excluding ortho intramolecular Hbond substituents is 2. The third kappa shape index (κ3) is 4.13. The number of aromatic hydroxyl groups is 2. The van der Waals surface area contributed by atoms with Gasteiger partial charge in [-0.1, -0.05) is 0 Å². The van der Waals surface area contributed by atoms with Crippen LogP contribution < -0.4 is 9.47 Å². The van der Waals surface area contributed by atoms with E-state index >= 15 is 0 Å². The Hall–Kier alpha value is -2.24. The van der Waals surface area contributed by atoms with Gasteiger partial charge in [0.15, 0.2) is 11.5 Å². The van der Waals surface area contributed by atoms with Crippen molar-refractivity contribution in [3.05, 3.63) is 12.1 Å². The molecule has 0 saturated heterocycles. The molecule has 1 rings (SSSR count). The molecule has 0 aromatic heterocycles. The van der Waals surface area contributed by atoms with Crippen molar-refractivity contribution in [2.24, 2.45) is 10.8 Å². The van der Waals surface area contributed by atoms with E-state index < -0.39 is 34.3 Å². The monoisotopic (exact) mass is 310 g/mol. The van der Waals surface area contributed by atoms with Crippen molar-refractivity contribution in [3.63, 3.8) is 0 Å². The first kappa shape index (κ1) is 17.8. The molecule has 0 fully saturated rings. The van der Waals surface area contributed by atoms with Gasteiger partial charge >= 0.3 is 11.9 Å². The van der Waals surface area contributed by atoms with Gasteiger partial charge in [0.25, 0.3) is 0 Å². The number of hydrogen-bond donors (Lipinski definition) is 2. The number of carbonyl (C=O) groups is 2. The molecule has 0 unspecified atom stereocenters. The second-order valence-corrected chi connectivity index (χ2v) is 7.04. The highest BCUT2D eigenvalue weighted by Crippen LogP contribution is 2.44. The minimum absolute atomic E-state index is 0.377. The van der Waals surface area contributed by atoms with E-state index in [1.54, 1.807) is 41.5 Å². The Morgan fingerprint density at radius 1 is 0.773 bits per heavy atom. The molecule has 0 heterocycles. The Balaban J connectivity index is 3.25. The Kier molecular flexibility index (Phi) is 4.75. The number of rotatable bonds is 2. The van der Waals surface area contributed by atoms with Gasteiger partial charge in [-0.2, -0.15) is 0 Å². The summed E-state index contributed by atoms with van der Waals surface area (Å²) in [5.74, 6) is -2.85. The van der Waals surface area contributed by atoms with Crippen molar-refractivity contribution in [2.75, 3.05) is 0 Å². The van der Waals surface area contributed by atoms with Gasteiger partial charge in [-0.25, -0.2) is 0 Å². The maximum atomic E-state index is 12.0. The lowest BCUT2D eigenvalue weighted by molar-refractivity contribution is -0.146. The van der Waals surface area contributed by atoms with Crippen LogP contribution >= 0.6 is 0 Å². The zero-order valence-corrected chi connectivity index (χ0v) is 13.7. The van der Waals surface area contributed by atoms with Gasteiger partial charge in [-0.05, 0) is 53.7 Å². The number of esters is 2. The van der Waals surface area contributed by atoms with Gasteiger partial charge < -0.3 is 19.7 Å². The summed E-state index contributed by atoms with van der Waals surface area (Å²) < 4.78 is 10.2. The molecule has 6 nitrogen and oxygen atoms in total. The molecule has 1 aromatic rings. The molecule has 0 aliphatic heterocycles. The summed E-state index contributed by atoms with van der Waals surface area (Å²) in [6.45, 7) is 9.81. The molecule has 0 radical (unpaired) electrons. The number of phenols is 2. The van der Waals surface area contributed by atoms with E-state index in [1.165, 1.54) is 0 Å². The summed E-state index contributed by atoms with van der Waals surface area (Å²) in [7, 11) is 0. The van der Waals surface area contributed by atoms with Crippen LogP contribution in [-0.2, 0) is 9.59 Å². The fourth-order valence-electron chi connectivity index (χ4n) is 1.23. The summed E-state index contributed by atoms with van der Waals surface area (Å²) in [5.41, 5.74) is -1.66. The Labute approximate surface area is 129 Å². The fraction of sp³-hybridized carbons (Fsp3) is 0.500. The van der Waals surface area contributed by atoms with Crippen LogP contribution in [-0.4, -0.2) is 22.2 Å². The van der Waals surface area contributed by atoms with E-state index in [-0.39, 0.29) is 11.5 Å². The second kappa shape index (κ2) is 5.87. The molecule has 1 aromatic carbocycles. The SMILES string of the molecule is CC(C)(C)C(=O)Oc1c(O)ccc(O)c1OC(=O)C(C)(C)C. The maximum absolute atomic E-state index is 12.0. The third-order valence-electron chi connectivity index (χ3n) is 2.68. The zero-order valence-electron chi connectivity index (χ0n) is 13.7. The number of carbonyl (C=O) groups excluding carboxylic acids is 2. The highest BCUT2D eigenvalue weighted by molar-refractivity contribution is 5.83. The first-order valence-corrected chi connectivity index (χ1v) is 6.83. The summed E-state index contributed by atoms with van der Waals surface area (Å²) in [6.07, 6.45) is 0. The van der Waals surface area contributed by atoms with Gasteiger partial charge in [0.1, 0.15) is 0 Å². The summed E-state index contributed by atoms with van der Waals surface area (Å²) in [5, 5.41) is 19.7. The van der Waals surface area contributed by atoms with Crippen LogP contribution in [0.3, 0.4) is 0 Å². The zero-order chi connectivity index (χ0) is 17.3. The highest BCUT2D eigenvalue weighted by atomic mass is 16.6. The minimum atomic E-state index is -0.830. The smallest absolute Gasteiger partial charge is 0.316 e. The van der Waals surface area contributed by atoms with Gasteiger partial charge in [-0.3, -0.25) is 9.59 Å². The van der Waals surface area contributed by atoms with Gasteiger partial charge in [0.2, 0.25) is 11.5 Å². The van der Waals surface area contributed by atoms with Crippen molar-refractivity contribution in [1.29, 1.82) is 0 Å². The summed E-state index contributed by atoms with van der Waals surface area (Å²) in [6, 6.07) is 2.30. The normalized spacial score (nSPS) is 11.9. The molecular formula is C16H22O6. The molecule has 122 valence electrons. The quantitative estimate of drug-likeness (QED) is 0.495. The average Bonchev–Trinajstić information content (AvgIpc) is 2.35. The number of ether oxygens (including phenoxy) is 2. The number of hydrogen-bond acceptors (Lipinski definition) is 6. The third-order valence-corrected chi connectivity index (χ3v) is 2.68. The van der Waals surface area contributed by atoms with Crippen molar-refractivity contribution < 1.29 is 29.3 Å². The van der Waals surface area contributed by atoms with Crippen LogP contribution in [0.5, 0.6) is 23.0 Å². The van der Waals surface area contributed by atoms with Crippen molar-refractivity contribution in [1.82, 2.24) is 0 Å². The van der Waals surface area contributed by atoms with Crippen LogP contribution in [0.4, 0.5) is 0 Å². The fourth-order valence-corrected chi connectivity index (χ4v) is 1.23. The molecule has 2 N–H and O–H groups in total. The van der Waals surface area contributed by atoms with E-state index in [0.29, 0.717) is 0 Å². The lowest BCUT2D eigenvalue weighted by atomic mass is 9.97. The molecular weight excluding hydrogens is 288 g/mol. The van der Waals surface area contributed by atoms with E-state index in [2.05, 4.69) is 0 Å². The van der Waals surface area contributed by atoms with E-state index in [1.807, 2.05) is 0 Å². The van der Waals surface area contributed by atoms with Crippen LogP contribution in [0.1, 0.15) is 41.5 Å². The maximum Gasteiger partial charge on any atom is 0.316 e. The van der Waals surface area contributed by atoms with Gasteiger partial charge in [0, 0.05) is 0 Å². The van der Waals surface area contributed by atoms with Crippen LogP contribution in [0.15, 0.2) is 12.1 Å². The van der Waals surface area contributed by atoms with Crippen LogP contribution in [0, 0.1) is 10.8 Å². The summed E-state index contributed by atoms with van der Waals surface area (Å²) in [4.78, 5) is 24.0. The molecule has 0 aliphatic rings. The molecule has 0 spiro atoms. The highest BCUT2D eigenvalue weighted by Gasteiger charge is 2.31. The predicted molar refractivity (Wildman–Crippen MR) is 80.0 cm³/mol.